The summed E-state index contributed by atoms with van der Waals surface area (Å²) >= 11 is 0. The van der Waals surface area contributed by atoms with Crippen molar-refractivity contribution in [3.05, 3.63) is 71.5 Å². The molecular formula is C23H22N8. The van der Waals surface area contributed by atoms with E-state index in [0.717, 1.165) is 51.2 Å². The Morgan fingerprint density at radius 2 is 1.77 bits per heavy atom. The smallest absolute Gasteiger partial charge is 0.205 e. The number of fused-ring (bicyclic) bond motifs is 1. The first-order valence-electron chi connectivity index (χ1n) is 10.2. The molecule has 0 unspecified atom stereocenters. The van der Waals surface area contributed by atoms with Gasteiger partial charge in [0.2, 0.25) is 5.82 Å². The SMILES string of the molecule is CCc1nc2c(C)cc(N)nc2n1Cc1ccc(-c2ccccc2-c2nn[nH]n2)cc1. The monoisotopic (exact) mass is 410 g/mol. The first-order chi connectivity index (χ1) is 15.1. The molecule has 5 rings (SSSR count). The first-order valence-corrected chi connectivity index (χ1v) is 10.2. The molecule has 0 radical (unpaired) electrons. The third-order valence-corrected chi connectivity index (χ3v) is 5.43. The number of pyridine rings is 1. The summed E-state index contributed by atoms with van der Waals surface area (Å²) in [5.74, 6) is 2.10. The van der Waals surface area contributed by atoms with Crippen LogP contribution in [0.25, 0.3) is 33.7 Å². The number of nitrogens with zero attached hydrogens (tertiary/aromatic N) is 6. The fourth-order valence-electron chi connectivity index (χ4n) is 3.93. The molecule has 0 saturated heterocycles. The zero-order valence-electron chi connectivity index (χ0n) is 17.4. The van der Waals surface area contributed by atoms with Gasteiger partial charge in [-0.15, -0.1) is 10.2 Å². The van der Waals surface area contributed by atoms with Gasteiger partial charge in [0.15, 0.2) is 5.65 Å². The molecule has 3 heterocycles. The van der Waals surface area contributed by atoms with Crippen LogP contribution in [0, 0.1) is 6.92 Å². The van der Waals surface area contributed by atoms with E-state index in [1.807, 2.05) is 31.2 Å². The highest BCUT2D eigenvalue weighted by Crippen LogP contribution is 2.30. The Hall–Kier alpha value is -4.07. The fourth-order valence-corrected chi connectivity index (χ4v) is 3.93. The van der Waals surface area contributed by atoms with E-state index in [0.29, 0.717) is 18.2 Å². The number of H-pyrrole nitrogens is 1. The highest BCUT2D eigenvalue weighted by molar-refractivity contribution is 5.80. The first kappa shape index (κ1) is 18.9. The third-order valence-electron chi connectivity index (χ3n) is 5.43. The standard InChI is InChI=1S/C23H22N8/c1-3-20-26-21-14(2)12-19(24)25-23(21)31(20)13-15-8-10-16(11-9-15)17-6-4-5-7-18(17)22-27-29-30-28-22/h4-12H,3,13H2,1-2H3,(H2,24,25)(H,27,28,29,30). The van der Waals surface area contributed by atoms with E-state index in [-0.39, 0.29) is 0 Å². The Bertz CT molecular complexity index is 1350. The minimum atomic E-state index is 0.516. The Labute approximate surface area is 179 Å². The van der Waals surface area contributed by atoms with Gasteiger partial charge >= 0.3 is 0 Å². The van der Waals surface area contributed by atoms with Gasteiger partial charge < -0.3 is 10.3 Å². The number of imidazole rings is 1. The lowest BCUT2D eigenvalue weighted by atomic mass is 9.98. The molecular weight excluding hydrogens is 388 g/mol. The van der Waals surface area contributed by atoms with Gasteiger partial charge in [-0.25, -0.2) is 9.97 Å². The summed E-state index contributed by atoms with van der Waals surface area (Å²) in [6, 6.07) is 18.4. The molecule has 0 fully saturated rings. The second kappa shape index (κ2) is 7.64. The molecule has 5 aromatic rings. The number of aromatic amines is 1. The minimum absolute atomic E-state index is 0.516. The summed E-state index contributed by atoms with van der Waals surface area (Å²) in [5.41, 5.74) is 13.1. The van der Waals surface area contributed by atoms with Gasteiger partial charge in [0, 0.05) is 12.0 Å². The maximum Gasteiger partial charge on any atom is 0.205 e. The molecule has 2 aromatic carbocycles. The number of tetrazole rings is 1. The number of aryl methyl sites for hydroxylation is 2. The number of nitrogen functional groups attached to an aromatic ring is 1. The van der Waals surface area contributed by atoms with E-state index in [2.05, 4.69) is 67.4 Å². The van der Waals surface area contributed by atoms with Crippen LogP contribution in [-0.2, 0) is 13.0 Å². The van der Waals surface area contributed by atoms with Crippen molar-refractivity contribution < 1.29 is 0 Å². The number of hydrogen-bond acceptors (Lipinski definition) is 6. The normalized spacial score (nSPS) is 11.3. The van der Waals surface area contributed by atoms with Crippen molar-refractivity contribution in [2.24, 2.45) is 0 Å². The van der Waals surface area contributed by atoms with Crippen LogP contribution in [0.4, 0.5) is 5.82 Å². The predicted octanol–water partition coefficient (Wildman–Crippen LogP) is 3.78. The Balaban J connectivity index is 1.51. The summed E-state index contributed by atoms with van der Waals surface area (Å²) in [7, 11) is 0. The summed E-state index contributed by atoms with van der Waals surface area (Å²) < 4.78 is 2.15. The van der Waals surface area contributed by atoms with Crippen LogP contribution in [0.2, 0.25) is 0 Å². The van der Waals surface area contributed by atoms with Crippen molar-refractivity contribution in [1.29, 1.82) is 0 Å². The van der Waals surface area contributed by atoms with Gasteiger partial charge in [0.1, 0.15) is 17.2 Å². The Kier molecular flexibility index (Phi) is 4.66. The van der Waals surface area contributed by atoms with Crippen LogP contribution in [0.3, 0.4) is 0 Å². The number of anilines is 1. The molecule has 0 amide bonds. The molecule has 3 aromatic heterocycles. The molecule has 0 bridgehead atoms. The van der Waals surface area contributed by atoms with Crippen LogP contribution in [-0.4, -0.2) is 35.2 Å². The molecule has 8 heteroatoms. The van der Waals surface area contributed by atoms with E-state index in [9.17, 15) is 0 Å². The highest BCUT2D eigenvalue weighted by atomic mass is 15.5. The predicted molar refractivity (Wildman–Crippen MR) is 120 cm³/mol. The van der Waals surface area contributed by atoms with E-state index in [1.54, 1.807) is 0 Å². The second-order valence-electron chi connectivity index (χ2n) is 7.48. The van der Waals surface area contributed by atoms with Crippen molar-refractivity contribution in [3.8, 4) is 22.5 Å². The molecule has 154 valence electrons. The summed E-state index contributed by atoms with van der Waals surface area (Å²) in [5, 5.41) is 14.5. The van der Waals surface area contributed by atoms with Crippen molar-refractivity contribution >= 4 is 17.0 Å². The van der Waals surface area contributed by atoms with Crippen molar-refractivity contribution in [3.63, 3.8) is 0 Å². The number of benzene rings is 2. The molecule has 0 aliphatic heterocycles. The average molecular weight is 410 g/mol. The Morgan fingerprint density at radius 3 is 2.48 bits per heavy atom. The van der Waals surface area contributed by atoms with Gasteiger partial charge in [0.05, 0.1) is 6.54 Å². The molecule has 0 spiro atoms. The molecule has 0 saturated carbocycles. The van der Waals surface area contributed by atoms with E-state index in [4.69, 9.17) is 10.7 Å². The van der Waals surface area contributed by atoms with Gasteiger partial charge in [-0.2, -0.15) is 5.21 Å². The second-order valence-corrected chi connectivity index (χ2v) is 7.48. The minimum Gasteiger partial charge on any atom is -0.384 e. The van der Waals surface area contributed by atoms with E-state index >= 15 is 0 Å². The van der Waals surface area contributed by atoms with Gasteiger partial charge in [-0.3, -0.25) is 0 Å². The molecule has 31 heavy (non-hydrogen) atoms. The van der Waals surface area contributed by atoms with Crippen LogP contribution in [0.5, 0.6) is 0 Å². The lowest BCUT2D eigenvalue weighted by molar-refractivity contribution is 0.746. The number of aromatic nitrogens is 7. The average Bonchev–Trinajstić information content (AvgIpc) is 3.43. The number of rotatable bonds is 5. The fraction of sp³-hybridized carbons (Fsp3) is 0.174. The molecule has 0 aliphatic rings. The molecule has 0 aliphatic carbocycles. The number of nitrogens with one attached hydrogen (secondary N) is 1. The number of nitrogens with two attached hydrogens (primary N) is 1. The van der Waals surface area contributed by atoms with E-state index in [1.165, 1.54) is 0 Å². The molecule has 8 nitrogen and oxygen atoms in total. The molecule has 0 atom stereocenters. The van der Waals surface area contributed by atoms with Crippen LogP contribution in [0.15, 0.2) is 54.6 Å². The van der Waals surface area contributed by atoms with Crippen molar-refractivity contribution in [2.45, 2.75) is 26.8 Å². The zero-order chi connectivity index (χ0) is 21.4. The zero-order valence-corrected chi connectivity index (χ0v) is 17.4. The van der Waals surface area contributed by atoms with E-state index < -0.39 is 0 Å². The largest absolute Gasteiger partial charge is 0.384 e. The Morgan fingerprint density at radius 1 is 1.00 bits per heavy atom. The summed E-state index contributed by atoms with van der Waals surface area (Å²) in [6.07, 6.45) is 0.825. The summed E-state index contributed by atoms with van der Waals surface area (Å²) in [4.78, 5) is 9.36. The van der Waals surface area contributed by atoms with Gasteiger partial charge in [-0.05, 0) is 40.5 Å². The van der Waals surface area contributed by atoms with Crippen LogP contribution < -0.4 is 5.73 Å². The lowest BCUT2D eigenvalue weighted by Crippen LogP contribution is -2.06. The van der Waals surface area contributed by atoms with Crippen LogP contribution in [0.1, 0.15) is 23.9 Å². The van der Waals surface area contributed by atoms with Crippen molar-refractivity contribution in [1.82, 2.24) is 35.2 Å². The highest BCUT2D eigenvalue weighted by Gasteiger charge is 2.15. The molecule has 3 N–H and O–H groups in total. The van der Waals surface area contributed by atoms with Crippen molar-refractivity contribution in [2.75, 3.05) is 5.73 Å². The van der Waals surface area contributed by atoms with Gasteiger partial charge in [0.25, 0.3) is 0 Å². The van der Waals surface area contributed by atoms with Gasteiger partial charge in [-0.1, -0.05) is 55.5 Å². The summed E-state index contributed by atoms with van der Waals surface area (Å²) in [6.45, 7) is 4.81. The number of hydrogen-bond donors (Lipinski definition) is 2. The maximum absolute atomic E-state index is 6.01. The maximum atomic E-state index is 6.01. The lowest BCUT2D eigenvalue weighted by Gasteiger charge is -2.10. The quantitative estimate of drug-likeness (QED) is 0.456. The topological polar surface area (TPSA) is 111 Å². The van der Waals surface area contributed by atoms with Crippen LogP contribution >= 0.6 is 0 Å². The third kappa shape index (κ3) is 3.42.